The predicted molar refractivity (Wildman–Crippen MR) is 131 cm³/mol. The van der Waals surface area contributed by atoms with Crippen LogP contribution in [0, 0.1) is 11.7 Å². The number of piperidine rings is 1. The number of hydrogen-bond donors (Lipinski definition) is 0. The monoisotopic (exact) mass is 471 g/mol. The van der Waals surface area contributed by atoms with Crippen molar-refractivity contribution in [1.82, 2.24) is 9.97 Å². The Morgan fingerprint density at radius 2 is 1.85 bits per heavy atom. The van der Waals surface area contributed by atoms with Crippen LogP contribution in [0.15, 0.2) is 30.6 Å². The summed E-state index contributed by atoms with van der Waals surface area (Å²) >= 11 is 0. The lowest BCUT2D eigenvalue weighted by Crippen LogP contribution is -2.35. The van der Waals surface area contributed by atoms with Gasteiger partial charge in [0, 0.05) is 32.1 Å². The fraction of sp³-hybridized carbons (Fsp3) is 0.593. The van der Waals surface area contributed by atoms with E-state index in [-0.39, 0.29) is 6.42 Å². The maximum absolute atomic E-state index is 14.5. The van der Waals surface area contributed by atoms with E-state index in [0.29, 0.717) is 31.1 Å². The molecule has 2 aromatic rings. The van der Waals surface area contributed by atoms with E-state index < -0.39 is 17.4 Å². The van der Waals surface area contributed by atoms with Crippen LogP contribution in [-0.2, 0) is 33.7 Å². The average molecular weight is 472 g/mol. The second kappa shape index (κ2) is 12.2. The zero-order chi connectivity index (χ0) is 24.6. The molecule has 6 nitrogen and oxygen atoms in total. The Morgan fingerprint density at radius 3 is 2.47 bits per heavy atom. The number of carbonyl (C=O) groups excluding carboxylic acids is 1. The first-order valence-corrected chi connectivity index (χ1v) is 12.4. The summed E-state index contributed by atoms with van der Waals surface area (Å²) in [4.78, 5) is 23.3. The van der Waals surface area contributed by atoms with E-state index in [2.05, 4.69) is 21.8 Å². The van der Waals surface area contributed by atoms with Gasteiger partial charge >= 0.3 is 5.97 Å². The summed E-state index contributed by atoms with van der Waals surface area (Å²) in [5.74, 6) is 0.627. The van der Waals surface area contributed by atoms with Gasteiger partial charge in [0.1, 0.15) is 11.4 Å². The van der Waals surface area contributed by atoms with Gasteiger partial charge in [-0.3, -0.25) is 4.79 Å². The Balaban J connectivity index is 1.36. The van der Waals surface area contributed by atoms with Crippen LogP contribution in [0.5, 0.6) is 0 Å². The van der Waals surface area contributed by atoms with Crippen molar-refractivity contribution in [1.29, 1.82) is 0 Å². The Labute approximate surface area is 202 Å². The molecule has 0 atom stereocenters. The van der Waals surface area contributed by atoms with E-state index in [9.17, 15) is 9.18 Å². The standard InChI is InChI=1S/C27H38FN3O3/c1-5-20-17-29-26(30-18-20)31-12-9-21(10-13-31)11-14-33-19-22-7-8-23(24(28)15-22)16-25(32)34-27(3,4)6-2/h7-8,15,17-18,21H,5-6,9-14,16,19H2,1-4H3. The molecule has 7 heteroatoms. The maximum Gasteiger partial charge on any atom is 0.310 e. The second-order valence-electron chi connectivity index (χ2n) is 9.71. The zero-order valence-corrected chi connectivity index (χ0v) is 21.0. The Bertz CT molecular complexity index is 925. The summed E-state index contributed by atoms with van der Waals surface area (Å²) < 4.78 is 25.7. The smallest absolute Gasteiger partial charge is 0.310 e. The van der Waals surface area contributed by atoms with E-state index in [1.54, 1.807) is 6.07 Å². The largest absolute Gasteiger partial charge is 0.459 e. The van der Waals surface area contributed by atoms with Gasteiger partial charge in [-0.1, -0.05) is 26.0 Å². The number of ether oxygens (including phenoxy) is 2. The second-order valence-corrected chi connectivity index (χ2v) is 9.71. The molecule has 3 rings (SSSR count). The minimum atomic E-state index is -0.536. The molecule has 34 heavy (non-hydrogen) atoms. The molecular weight excluding hydrogens is 433 g/mol. The van der Waals surface area contributed by atoms with Crippen molar-refractivity contribution >= 4 is 11.9 Å². The number of hydrogen-bond acceptors (Lipinski definition) is 6. The lowest BCUT2D eigenvalue weighted by molar-refractivity contribution is -0.155. The zero-order valence-electron chi connectivity index (χ0n) is 21.0. The number of aromatic nitrogens is 2. The molecule has 0 spiro atoms. The molecule has 1 aromatic carbocycles. The van der Waals surface area contributed by atoms with Crippen molar-refractivity contribution in [2.45, 2.75) is 78.4 Å². The predicted octanol–water partition coefficient (Wildman–Crippen LogP) is 5.28. The third kappa shape index (κ3) is 7.76. The van der Waals surface area contributed by atoms with Crippen molar-refractivity contribution in [3.05, 3.63) is 53.1 Å². The van der Waals surface area contributed by atoms with Crippen molar-refractivity contribution in [3.63, 3.8) is 0 Å². The molecule has 0 bridgehead atoms. The van der Waals surface area contributed by atoms with Crippen molar-refractivity contribution < 1.29 is 18.7 Å². The molecule has 0 N–H and O–H groups in total. The molecule has 0 unspecified atom stereocenters. The third-order valence-electron chi connectivity index (χ3n) is 6.63. The van der Waals surface area contributed by atoms with Gasteiger partial charge in [-0.25, -0.2) is 14.4 Å². The molecular formula is C27H38FN3O3. The van der Waals surface area contributed by atoms with E-state index >= 15 is 0 Å². The first-order chi connectivity index (χ1) is 16.3. The van der Waals surface area contributed by atoms with Gasteiger partial charge in [0.2, 0.25) is 5.95 Å². The Hall–Kier alpha value is -2.54. The molecule has 1 saturated heterocycles. The van der Waals surface area contributed by atoms with Crippen LogP contribution in [0.25, 0.3) is 0 Å². The summed E-state index contributed by atoms with van der Waals surface area (Å²) in [6.07, 6.45) is 8.59. The lowest BCUT2D eigenvalue weighted by atomic mass is 9.94. The summed E-state index contributed by atoms with van der Waals surface area (Å²) in [7, 11) is 0. The van der Waals surface area contributed by atoms with E-state index in [1.807, 2.05) is 39.2 Å². The number of nitrogens with zero attached hydrogens (tertiary/aromatic N) is 3. The molecule has 0 radical (unpaired) electrons. The first kappa shape index (κ1) is 26.1. The molecule has 2 heterocycles. The molecule has 186 valence electrons. The SMILES string of the molecule is CCc1cnc(N2CCC(CCOCc3ccc(CC(=O)OC(C)(C)CC)c(F)c3)CC2)nc1. The third-order valence-corrected chi connectivity index (χ3v) is 6.63. The van der Waals surface area contributed by atoms with Crippen LogP contribution in [0.2, 0.25) is 0 Å². The molecule has 1 aromatic heterocycles. The summed E-state index contributed by atoms with van der Waals surface area (Å²) in [5, 5.41) is 0. The summed E-state index contributed by atoms with van der Waals surface area (Å²) in [6, 6.07) is 4.92. The Kier molecular flexibility index (Phi) is 9.39. The highest BCUT2D eigenvalue weighted by molar-refractivity contribution is 5.73. The average Bonchev–Trinajstić information content (AvgIpc) is 2.83. The lowest BCUT2D eigenvalue weighted by Gasteiger charge is -2.32. The van der Waals surface area contributed by atoms with Gasteiger partial charge in [0.05, 0.1) is 13.0 Å². The molecule has 0 amide bonds. The number of benzene rings is 1. The number of halogens is 1. The molecule has 1 aliphatic heterocycles. The minimum Gasteiger partial charge on any atom is -0.459 e. The van der Waals surface area contributed by atoms with E-state index in [1.165, 1.54) is 6.07 Å². The van der Waals surface area contributed by atoms with Crippen LogP contribution in [0.4, 0.5) is 10.3 Å². The van der Waals surface area contributed by atoms with Gasteiger partial charge in [-0.15, -0.1) is 0 Å². The minimum absolute atomic E-state index is 0.0666. The van der Waals surface area contributed by atoms with Gasteiger partial charge in [0.25, 0.3) is 0 Å². The number of esters is 1. The number of aryl methyl sites for hydroxylation is 1. The molecule has 0 aliphatic carbocycles. The number of carbonyl (C=O) groups is 1. The molecule has 0 saturated carbocycles. The summed E-state index contributed by atoms with van der Waals surface area (Å²) in [5.41, 5.74) is 1.74. The maximum atomic E-state index is 14.5. The van der Waals surface area contributed by atoms with Gasteiger partial charge in [-0.2, -0.15) is 0 Å². The van der Waals surface area contributed by atoms with Crippen molar-refractivity contribution in [3.8, 4) is 0 Å². The van der Waals surface area contributed by atoms with Crippen LogP contribution >= 0.6 is 0 Å². The fourth-order valence-electron chi connectivity index (χ4n) is 3.95. The number of anilines is 1. The van der Waals surface area contributed by atoms with Crippen molar-refractivity contribution in [2.24, 2.45) is 5.92 Å². The topological polar surface area (TPSA) is 64.6 Å². The van der Waals surface area contributed by atoms with Crippen LogP contribution in [-0.4, -0.2) is 41.2 Å². The number of rotatable bonds is 11. The van der Waals surface area contributed by atoms with Gasteiger partial charge < -0.3 is 14.4 Å². The fourth-order valence-corrected chi connectivity index (χ4v) is 3.95. The van der Waals surface area contributed by atoms with E-state index in [4.69, 9.17) is 9.47 Å². The molecule has 1 fully saturated rings. The highest BCUT2D eigenvalue weighted by Gasteiger charge is 2.22. The highest BCUT2D eigenvalue weighted by Crippen LogP contribution is 2.23. The highest BCUT2D eigenvalue weighted by atomic mass is 19.1. The van der Waals surface area contributed by atoms with Gasteiger partial charge in [-0.05, 0) is 74.6 Å². The van der Waals surface area contributed by atoms with Gasteiger partial charge in [0.15, 0.2) is 0 Å². The quantitative estimate of drug-likeness (QED) is 0.328. The van der Waals surface area contributed by atoms with Crippen LogP contribution in [0.3, 0.4) is 0 Å². The normalized spacial score (nSPS) is 14.9. The molecule has 1 aliphatic rings. The summed E-state index contributed by atoms with van der Waals surface area (Å²) in [6.45, 7) is 10.7. The van der Waals surface area contributed by atoms with E-state index in [0.717, 1.165) is 55.8 Å². The Morgan fingerprint density at radius 1 is 1.15 bits per heavy atom. The van der Waals surface area contributed by atoms with Crippen LogP contribution < -0.4 is 4.90 Å². The van der Waals surface area contributed by atoms with Crippen molar-refractivity contribution in [2.75, 3.05) is 24.6 Å². The van der Waals surface area contributed by atoms with Crippen LogP contribution in [0.1, 0.15) is 70.1 Å². The first-order valence-electron chi connectivity index (χ1n) is 12.4.